The van der Waals surface area contributed by atoms with Crippen LogP contribution < -0.4 is 0 Å². The first-order valence-electron chi connectivity index (χ1n) is 5.59. The van der Waals surface area contributed by atoms with E-state index in [2.05, 4.69) is 18.7 Å². The fourth-order valence-electron chi connectivity index (χ4n) is 1.69. The van der Waals surface area contributed by atoms with E-state index in [4.69, 9.17) is 9.47 Å². The van der Waals surface area contributed by atoms with Crippen LogP contribution in [0.15, 0.2) is 0 Å². The zero-order valence-corrected chi connectivity index (χ0v) is 10.2. The van der Waals surface area contributed by atoms with Crippen molar-refractivity contribution >= 4 is 0 Å². The maximum atomic E-state index is 5.61. The molecule has 0 radical (unpaired) electrons. The van der Waals surface area contributed by atoms with Crippen molar-refractivity contribution in [2.75, 3.05) is 33.4 Å². The first-order chi connectivity index (χ1) is 6.72. The molecule has 1 heterocycles. The van der Waals surface area contributed by atoms with Crippen LogP contribution in [0.25, 0.3) is 0 Å². The van der Waals surface area contributed by atoms with Gasteiger partial charge in [0.1, 0.15) is 0 Å². The summed E-state index contributed by atoms with van der Waals surface area (Å²) in [5, 5.41) is 0. The highest BCUT2D eigenvalue weighted by atomic mass is 16.5. The van der Waals surface area contributed by atoms with Crippen molar-refractivity contribution in [3.8, 4) is 0 Å². The van der Waals surface area contributed by atoms with Gasteiger partial charge in [-0.25, -0.2) is 0 Å². The molecule has 1 aliphatic heterocycles. The second-order valence-electron chi connectivity index (χ2n) is 3.51. The molecule has 0 amide bonds. The van der Waals surface area contributed by atoms with Crippen LogP contribution in [-0.2, 0) is 9.47 Å². The highest BCUT2D eigenvalue weighted by Crippen LogP contribution is 2.09. The second kappa shape index (κ2) is 8.21. The lowest BCUT2D eigenvalue weighted by atomic mass is 10.2. The predicted molar refractivity (Wildman–Crippen MR) is 59.7 cm³/mol. The zero-order valence-electron chi connectivity index (χ0n) is 10.2. The molecule has 0 bridgehead atoms. The number of nitrogens with zero attached hydrogens (tertiary/aromatic N) is 1. The van der Waals surface area contributed by atoms with Crippen LogP contribution >= 0.6 is 0 Å². The minimum atomic E-state index is 0.366. The van der Waals surface area contributed by atoms with Crippen molar-refractivity contribution in [1.82, 2.24) is 4.90 Å². The van der Waals surface area contributed by atoms with Crippen LogP contribution in [0.3, 0.4) is 0 Å². The minimum absolute atomic E-state index is 0.366. The monoisotopic (exact) mass is 203 g/mol. The van der Waals surface area contributed by atoms with E-state index < -0.39 is 0 Å². The molecule has 0 aromatic heterocycles. The maximum absolute atomic E-state index is 5.61. The SMILES string of the molecule is CC.COCCN1CC(C)OC(C)C1. The van der Waals surface area contributed by atoms with Gasteiger partial charge in [-0.1, -0.05) is 13.8 Å². The van der Waals surface area contributed by atoms with E-state index in [1.165, 1.54) is 0 Å². The molecule has 0 aliphatic carbocycles. The van der Waals surface area contributed by atoms with E-state index in [9.17, 15) is 0 Å². The molecule has 0 spiro atoms. The summed E-state index contributed by atoms with van der Waals surface area (Å²) >= 11 is 0. The van der Waals surface area contributed by atoms with Gasteiger partial charge in [-0.05, 0) is 13.8 Å². The Labute approximate surface area is 88.4 Å². The number of hydrogen-bond donors (Lipinski definition) is 0. The first kappa shape index (κ1) is 13.9. The third-order valence-corrected chi connectivity index (χ3v) is 2.11. The van der Waals surface area contributed by atoms with Crippen LogP contribution in [0.1, 0.15) is 27.7 Å². The van der Waals surface area contributed by atoms with E-state index >= 15 is 0 Å². The minimum Gasteiger partial charge on any atom is -0.383 e. The summed E-state index contributed by atoms with van der Waals surface area (Å²) in [6, 6.07) is 0. The van der Waals surface area contributed by atoms with Gasteiger partial charge >= 0.3 is 0 Å². The quantitative estimate of drug-likeness (QED) is 0.698. The Morgan fingerprint density at radius 3 is 2.14 bits per heavy atom. The number of rotatable bonds is 3. The number of methoxy groups -OCH3 is 1. The largest absolute Gasteiger partial charge is 0.383 e. The summed E-state index contributed by atoms with van der Waals surface area (Å²) in [6.45, 7) is 12.2. The van der Waals surface area contributed by atoms with Gasteiger partial charge in [0, 0.05) is 26.7 Å². The molecular formula is C11H25NO2. The Kier molecular flexibility index (Phi) is 8.14. The smallest absolute Gasteiger partial charge is 0.0678 e. The molecule has 0 N–H and O–H groups in total. The molecular weight excluding hydrogens is 178 g/mol. The normalized spacial score (nSPS) is 28.1. The van der Waals surface area contributed by atoms with E-state index in [1.54, 1.807) is 7.11 Å². The lowest BCUT2D eigenvalue weighted by Crippen LogP contribution is -2.46. The van der Waals surface area contributed by atoms with E-state index in [0.717, 1.165) is 26.2 Å². The number of ether oxygens (including phenoxy) is 2. The topological polar surface area (TPSA) is 21.7 Å². The second-order valence-corrected chi connectivity index (χ2v) is 3.51. The molecule has 2 atom stereocenters. The van der Waals surface area contributed by atoms with Gasteiger partial charge in [0.2, 0.25) is 0 Å². The summed E-state index contributed by atoms with van der Waals surface area (Å²) in [5.74, 6) is 0. The third kappa shape index (κ3) is 5.58. The Bertz CT molecular complexity index is 120. The molecule has 1 fully saturated rings. The number of hydrogen-bond acceptors (Lipinski definition) is 3. The van der Waals surface area contributed by atoms with Gasteiger partial charge in [-0.15, -0.1) is 0 Å². The van der Waals surface area contributed by atoms with Crippen molar-refractivity contribution in [1.29, 1.82) is 0 Å². The van der Waals surface area contributed by atoms with Crippen molar-refractivity contribution in [3.63, 3.8) is 0 Å². The fraction of sp³-hybridized carbons (Fsp3) is 1.00. The van der Waals surface area contributed by atoms with Gasteiger partial charge in [0.15, 0.2) is 0 Å². The fourth-order valence-corrected chi connectivity index (χ4v) is 1.69. The summed E-state index contributed by atoms with van der Waals surface area (Å²) in [7, 11) is 1.74. The van der Waals surface area contributed by atoms with Crippen LogP contribution in [0.5, 0.6) is 0 Å². The lowest BCUT2D eigenvalue weighted by molar-refractivity contribution is -0.0717. The molecule has 3 heteroatoms. The van der Waals surface area contributed by atoms with Gasteiger partial charge in [-0.3, -0.25) is 4.90 Å². The van der Waals surface area contributed by atoms with Crippen molar-refractivity contribution in [3.05, 3.63) is 0 Å². The molecule has 86 valence electrons. The highest BCUT2D eigenvalue weighted by molar-refractivity contribution is 4.72. The van der Waals surface area contributed by atoms with Crippen LogP contribution in [0.2, 0.25) is 0 Å². The van der Waals surface area contributed by atoms with E-state index in [-0.39, 0.29) is 0 Å². The Hall–Kier alpha value is -0.120. The van der Waals surface area contributed by atoms with Crippen LogP contribution in [-0.4, -0.2) is 50.5 Å². The Morgan fingerprint density at radius 2 is 1.71 bits per heavy atom. The lowest BCUT2D eigenvalue weighted by Gasteiger charge is -2.35. The van der Waals surface area contributed by atoms with Gasteiger partial charge < -0.3 is 9.47 Å². The Morgan fingerprint density at radius 1 is 1.21 bits per heavy atom. The van der Waals surface area contributed by atoms with Crippen molar-refractivity contribution in [2.24, 2.45) is 0 Å². The Balaban J connectivity index is 0.000000791. The molecule has 0 saturated carbocycles. The van der Waals surface area contributed by atoms with Crippen molar-refractivity contribution in [2.45, 2.75) is 39.9 Å². The maximum Gasteiger partial charge on any atom is 0.0678 e. The summed E-state index contributed by atoms with van der Waals surface area (Å²) < 4.78 is 10.6. The first-order valence-corrected chi connectivity index (χ1v) is 5.59. The average molecular weight is 203 g/mol. The van der Waals surface area contributed by atoms with E-state index in [0.29, 0.717) is 12.2 Å². The summed E-state index contributed by atoms with van der Waals surface area (Å²) in [6.07, 6.45) is 0.733. The molecule has 1 saturated heterocycles. The van der Waals surface area contributed by atoms with Crippen molar-refractivity contribution < 1.29 is 9.47 Å². The molecule has 1 rings (SSSR count). The average Bonchev–Trinajstić information content (AvgIpc) is 2.16. The molecule has 2 unspecified atom stereocenters. The highest BCUT2D eigenvalue weighted by Gasteiger charge is 2.21. The molecule has 1 aliphatic rings. The summed E-state index contributed by atoms with van der Waals surface area (Å²) in [5.41, 5.74) is 0. The molecule has 0 aromatic rings. The molecule has 3 nitrogen and oxygen atoms in total. The zero-order chi connectivity index (χ0) is 11.0. The number of morpholine rings is 1. The van der Waals surface area contributed by atoms with Gasteiger partial charge in [-0.2, -0.15) is 0 Å². The molecule has 0 aromatic carbocycles. The van der Waals surface area contributed by atoms with Gasteiger partial charge in [0.05, 0.1) is 18.8 Å². The van der Waals surface area contributed by atoms with E-state index in [1.807, 2.05) is 13.8 Å². The summed E-state index contributed by atoms with van der Waals surface area (Å²) in [4.78, 5) is 2.39. The predicted octanol–water partition coefficient (Wildman–Crippen LogP) is 1.77. The van der Waals surface area contributed by atoms with Crippen LogP contribution in [0.4, 0.5) is 0 Å². The molecule has 14 heavy (non-hydrogen) atoms. The standard InChI is InChI=1S/C9H19NO2.C2H6/c1-8-6-10(4-5-11-3)7-9(2)12-8;1-2/h8-9H,4-7H2,1-3H3;1-2H3. The third-order valence-electron chi connectivity index (χ3n) is 2.11. The van der Waals surface area contributed by atoms with Crippen LogP contribution in [0, 0.1) is 0 Å². The van der Waals surface area contributed by atoms with Gasteiger partial charge in [0.25, 0.3) is 0 Å².